The smallest absolute Gasteiger partial charge is 0.119 e. The molecule has 110 valence electrons. The van der Waals surface area contributed by atoms with Crippen molar-refractivity contribution in [2.45, 2.75) is 46.3 Å². The van der Waals surface area contributed by atoms with Gasteiger partial charge in [0.1, 0.15) is 12.4 Å². The van der Waals surface area contributed by atoms with Crippen LogP contribution >= 0.6 is 0 Å². The van der Waals surface area contributed by atoms with Crippen molar-refractivity contribution < 1.29 is 4.74 Å². The maximum atomic E-state index is 5.80. The summed E-state index contributed by atoms with van der Waals surface area (Å²) in [6.45, 7) is 14.1. The average Bonchev–Trinajstić information content (AvgIpc) is 2.85. The van der Waals surface area contributed by atoms with Crippen LogP contribution in [-0.2, 0) is 13.1 Å². The molecule has 0 saturated heterocycles. The quantitative estimate of drug-likeness (QED) is 0.772. The largest absolute Gasteiger partial charge is 0.492 e. The summed E-state index contributed by atoms with van der Waals surface area (Å²) in [4.78, 5) is 2.34. The van der Waals surface area contributed by atoms with E-state index in [1.54, 1.807) is 0 Å². The van der Waals surface area contributed by atoms with Crippen molar-refractivity contribution in [3.63, 3.8) is 0 Å². The standard InChI is InChI=1S/C17H26N2O/c1-5-14(4)19-11-15-6-7-17(10-16(15)12-19)20-9-8-18-13(2)3/h6-7,10,13,18H,4-5,8-9,11-12H2,1-3H3. The summed E-state index contributed by atoms with van der Waals surface area (Å²) in [6, 6.07) is 6.94. The summed E-state index contributed by atoms with van der Waals surface area (Å²) in [5.74, 6) is 0.971. The van der Waals surface area contributed by atoms with Gasteiger partial charge in [0, 0.05) is 31.4 Å². The number of hydrogen-bond acceptors (Lipinski definition) is 3. The molecule has 1 aliphatic heterocycles. The van der Waals surface area contributed by atoms with Gasteiger partial charge in [-0.1, -0.05) is 33.4 Å². The molecule has 3 nitrogen and oxygen atoms in total. The van der Waals surface area contributed by atoms with Crippen LogP contribution in [0.4, 0.5) is 0 Å². The Bertz CT molecular complexity index is 468. The zero-order valence-corrected chi connectivity index (χ0v) is 12.9. The van der Waals surface area contributed by atoms with E-state index in [9.17, 15) is 0 Å². The van der Waals surface area contributed by atoms with Gasteiger partial charge in [0.2, 0.25) is 0 Å². The van der Waals surface area contributed by atoms with Crippen LogP contribution in [0.25, 0.3) is 0 Å². The summed E-state index contributed by atoms with van der Waals surface area (Å²) in [5.41, 5.74) is 3.98. The minimum atomic E-state index is 0.507. The molecule has 0 atom stereocenters. The van der Waals surface area contributed by atoms with Crippen LogP contribution in [0, 0.1) is 0 Å². The fourth-order valence-corrected chi connectivity index (χ4v) is 2.42. The highest BCUT2D eigenvalue weighted by Crippen LogP contribution is 2.29. The molecule has 0 saturated carbocycles. The van der Waals surface area contributed by atoms with Crippen LogP contribution in [0.2, 0.25) is 0 Å². The number of nitrogens with one attached hydrogen (secondary N) is 1. The van der Waals surface area contributed by atoms with Crippen molar-refractivity contribution >= 4 is 0 Å². The Balaban J connectivity index is 1.89. The van der Waals surface area contributed by atoms with Gasteiger partial charge in [-0.15, -0.1) is 0 Å². The van der Waals surface area contributed by atoms with Gasteiger partial charge in [0.05, 0.1) is 0 Å². The van der Waals surface area contributed by atoms with Crippen LogP contribution < -0.4 is 10.1 Å². The van der Waals surface area contributed by atoms with Gasteiger partial charge in [0.15, 0.2) is 0 Å². The zero-order valence-electron chi connectivity index (χ0n) is 12.9. The molecule has 0 spiro atoms. The molecule has 1 aromatic rings. The highest BCUT2D eigenvalue weighted by molar-refractivity contribution is 5.38. The van der Waals surface area contributed by atoms with Crippen molar-refractivity contribution in [3.8, 4) is 5.75 Å². The van der Waals surface area contributed by atoms with Crippen LogP contribution in [0.1, 0.15) is 38.3 Å². The predicted molar refractivity (Wildman–Crippen MR) is 83.8 cm³/mol. The first-order chi connectivity index (χ1) is 9.60. The summed E-state index contributed by atoms with van der Waals surface area (Å²) < 4.78 is 5.80. The van der Waals surface area contributed by atoms with Gasteiger partial charge in [-0.3, -0.25) is 0 Å². The van der Waals surface area contributed by atoms with E-state index < -0.39 is 0 Å². The number of hydrogen-bond donors (Lipinski definition) is 1. The Morgan fingerprint density at radius 1 is 1.35 bits per heavy atom. The second-order valence-corrected chi connectivity index (χ2v) is 5.66. The van der Waals surface area contributed by atoms with E-state index in [0.717, 1.165) is 31.8 Å². The Morgan fingerprint density at radius 2 is 2.10 bits per heavy atom. The first-order valence-electron chi connectivity index (χ1n) is 7.51. The molecule has 20 heavy (non-hydrogen) atoms. The summed E-state index contributed by atoms with van der Waals surface area (Å²) in [7, 11) is 0. The van der Waals surface area contributed by atoms with Gasteiger partial charge in [0.25, 0.3) is 0 Å². The molecule has 0 amide bonds. The van der Waals surface area contributed by atoms with Crippen LogP contribution in [0.3, 0.4) is 0 Å². The van der Waals surface area contributed by atoms with Crippen molar-refractivity contribution in [2.75, 3.05) is 13.2 Å². The topological polar surface area (TPSA) is 24.5 Å². The highest BCUT2D eigenvalue weighted by Gasteiger charge is 2.19. The van der Waals surface area contributed by atoms with E-state index in [1.165, 1.54) is 16.8 Å². The number of nitrogens with zero attached hydrogens (tertiary/aromatic N) is 1. The van der Waals surface area contributed by atoms with Crippen LogP contribution in [-0.4, -0.2) is 24.1 Å². The zero-order chi connectivity index (χ0) is 14.5. The minimum Gasteiger partial charge on any atom is -0.492 e. The van der Waals surface area contributed by atoms with Crippen LogP contribution in [0.5, 0.6) is 5.75 Å². The third-order valence-corrected chi connectivity index (χ3v) is 3.68. The van der Waals surface area contributed by atoms with Crippen molar-refractivity contribution in [2.24, 2.45) is 0 Å². The lowest BCUT2D eigenvalue weighted by atomic mass is 10.1. The lowest BCUT2D eigenvalue weighted by molar-refractivity contribution is 0.308. The van der Waals surface area contributed by atoms with E-state index in [2.05, 4.69) is 55.8 Å². The highest BCUT2D eigenvalue weighted by atomic mass is 16.5. The lowest BCUT2D eigenvalue weighted by Crippen LogP contribution is -2.27. The third kappa shape index (κ3) is 3.76. The molecule has 1 heterocycles. The molecule has 0 aromatic heterocycles. The van der Waals surface area contributed by atoms with Gasteiger partial charge in [-0.2, -0.15) is 0 Å². The molecule has 1 aliphatic rings. The van der Waals surface area contributed by atoms with Crippen molar-refractivity contribution in [1.29, 1.82) is 0 Å². The van der Waals surface area contributed by atoms with E-state index >= 15 is 0 Å². The van der Waals surface area contributed by atoms with E-state index in [-0.39, 0.29) is 0 Å². The lowest BCUT2D eigenvalue weighted by Gasteiger charge is -2.18. The van der Waals surface area contributed by atoms with E-state index in [0.29, 0.717) is 12.6 Å². The molecule has 1 N–H and O–H groups in total. The van der Waals surface area contributed by atoms with Crippen molar-refractivity contribution in [1.82, 2.24) is 10.2 Å². The maximum absolute atomic E-state index is 5.80. The number of benzene rings is 1. The molecule has 1 aromatic carbocycles. The van der Waals surface area contributed by atoms with Crippen molar-refractivity contribution in [3.05, 3.63) is 41.6 Å². The Kier molecular flexibility index (Phi) is 5.07. The summed E-state index contributed by atoms with van der Waals surface area (Å²) in [6.07, 6.45) is 1.01. The summed E-state index contributed by atoms with van der Waals surface area (Å²) >= 11 is 0. The molecule has 0 bridgehead atoms. The first-order valence-corrected chi connectivity index (χ1v) is 7.51. The molecule has 0 radical (unpaired) electrons. The minimum absolute atomic E-state index is 0.507. The molecular formula is C17H26N2O. The normalized spacial score (nSPS) is 13.7. The molecule has 3 heteroatoms. The van der Waals surface area contributed by atoms with Gasteiger partial charge in [-0.25, -0.2) is 0 Å². The molecule has 2 rings (SSSR count). The Labute approximate surface area is 122 Å². The second-order valence-electron chi connectivity index (χ2n) is 5.66. The Hall–Kier alpha value is -1.48. The van der Waals surface area contributed by atoms with Crippen LogP contribution in [0.15, 0.2) is 30.5 Å². The molecule has 0 unspecified atom stereocenters. The Morgan fingerprint density at radius 3 is 2.80 bits per heavy atom. The molecular weight excluding hydrogens is 248 g/mol. The van der Waals surface area contributed by atoms with E-state index in [1.807, 2.05) is 0 Å². The second kappa shape index (κ2) is 6.80. The predicted octanol–water partition coefficient (Wildman–Crippen LogP) is 3.30. The number of allylic oxidation sites excluding steroid dienone is 1. The maximum Gasteiger partial charge on any atom is 0.119 e. The monoisotopic (exact) mass is 274 g/mol. The molecule has 0 fully saturated rings. The SMILES string of the molecule is C=C(CC)N1Cc2ccc(OCCNC(C)C)cc2C1. The number of fused-ring (bicyclic) bond motifs is 1. The van der Waals surface area contributed by atoms with E-state index in [4.69, 9.17) is 4.74 Å². The van der Waals surface area contributed by atoms with Gasteiger partial charge < -0.3 is 15.0 Å². The fourth-order valence-electron chi connectivity index (χ4n) is 2.42. The summed E-state index contributed by atoms with van der Waals surface area (Å²) in [5, 5.41) is 3.35. The van der Waals surface area contributed by atoms with Gasteiger partial charge >= 0.3 is 0 Å². The third-order valence-electron chi connectivity index (χ3n) is 3.68. The first kappa shape index (κ1) is 14.9. The number of rotatable bonds is 7. The van der Waals surface area contributed by atoms with Gasteiger partial charge in [-0.05, 0) is 29.7 Å². The molecule has 0 aliphatic carbocycles. The average molecular weight is 274 g/mol. The number of ether oxygens (including phenoxy) is 1. The fraction of sp³-hybridized carbons (Fsp3) is 0.529.